The molecule has 0 saturated carbocycles. The molecule has 0 aliphatic heterocycles. The highest BCUT2D eigenvalue weighted by Crippen LogP contribution is 2.30. The minimum absolute atomic E-state index is 0.0777. The van der Waals surface area contributed by atoms with Gasteiger partial charge in [-0.05, 0) is 32.9 Å². The molecule has 1 aromatic carbocycles. The Morgan fingerprint density at radius 3 is 2.47 bits per heavy atom. The Bertz CT molecular complexity index is 385. The fourth-order valence-corrected chi connectivity index (χ4v) is 1.05. The van der Waals surface area contributed by atoms with E-state index in [0.717, 1.165) is 12.1 Å². The van der Waals surface area contributed by atoms with Crippen LogP contribution in [-0.4, -0.2) is 10.5 Å². The van der Waals surface area contributed by atoms with Crippen LogP contribution in [0, 0.1) is 15.9 Å². The molecular weight excluding hydrogens is 201 g/mol. The van der Waals surface area contributed by atoms with Crippen molar-refractivity contribution in [2.24, 2.45) is 0 Å². The van der Waals surface area contributed by atoms with Crippen LogP contribution >= 0.6 is 0 Å². The van der Waals surface area contributed by atoms with Crippen molar-refractivity contribution in [2.45, 2.75) is 26.4 Å². The van der Waals surface area contributed by atoms with Gasteiger partial charge in [0, 0.05) is 0 Å². The molecule has 0 heterocycles. The number of nitro groups is 1. The fraction of sp³-hybridized carbons (Fsp3) is 0.400. The van der Waals surface area contributed by atoms with E-state index in [4.69, 9.17) is 4.74 Å². The molecule has 0 bridgehead atoms. The van der Waals surface area contributed by atoms with Gasteiger partial charge in [0.1, 0.15) is 11.4 Å². The fourth-order valence-electron chi connectivity index (χ4n) is 1.05. The molecular formula is C10H12FNO3. The van der Waals surface area contributed by atoms with Crippen molar-refractivity contribution < 1.29 is 14.1 Å². The van der Waals surface area contributed by atoms with E-state index in [-0.39, 0.29) is 11.4 Å². The second-order valence-corrected chi connectivity index (χ2v) is 4.08. The molecule has 5 heteroatoms. The van der Waals surface area contributed by atoms with Gasteiger partial charge in [0.25, 0.3) is 0 Å². The van der Waals surface area contributed by atoms with Gasteiger partial charge in [0.05, 0.1) is 11.0 Å². The van der Waals surface area contributed by atoms with E-state index in [1.807, 2.05) is 0 Å². The number of hydrogen-bond donors (Lipinski definition) is 0. The molecule has 0 saturated heterocycles. The maximum absolute atomic E-state index is 12.8. The van der Waals surface area contributed by atoms with Crippen LogP contribution in [0.25, 0.3) is 0 Å². The first-order valence-corrected chi connectivity index (χ1v) is 4.42. The first-order chi connectivity index (χ1) is 6.79. The maximum Gasteiger partial charge on any atom is 0.313 e. The third-order valence-corrected chi connectivity index (χ3v) is 1.53. The molecule has 1 rings (SSSR count). The standard InChI is InChI=1S/C10H12FNO3/c1-10(2,3)15-9-5-4-7(11)6-8(9)12(13)14/h4-6H,1-3H3. The number of benzene rings is 1. The van der Waals surface area contributed by atoms with Crippen LogP contribution in [0.15, 0.2) is 18.2 Å². The lowest BCUT2D eigenvalue weighted by Crippen LogP contribution is -2.23. The largest absolute Gasteiger partial charge is 0.481 e. The number of rotatable bonds is 2. The predicted octanol–water partition coefficient (Wildman–Crippen LogP) is 2.91. The number of nitro benzene ring substituents is 1. The molecule has 0 N–H and O–H groups in total. The summed E-state index contributed by atoms with van der Waals surface area (Å²) in [5, 5.41) is 10.6. The van der Waals surface area contributed by atoms with Crippen molar-refractivity contribution in [3.63, 3.8) is 0 Å². The number of halogens is 1. The minimum atomic E-state index is -0.663. The summed E-state index contributed by atoms with van der Waals surface area (Å²) in [6, 6.07) is 3.24. The Hall–Kier alpha value is -1.65. The highest BCUT2D eigenvalue weighted by Gasteiger charge is 2.21. The van der Waals surface area contributed by atoms with E-state index in [2.05, 4.69) is 0 Å². The first-order valence-electron chi connectivity index (χ1n) is 4.42. The van der Waals surface area contributed by atoms with Crippen LogP contribution in [0.5, 0.6) is 5.75 Å². The molecule has 0 spiro atoms. The number of nitrogens with zero attached hydrogens (tertiary/aromatic N) is 1. The van der Waals surface area contributed by atoms with Crippen molar-refractivity contribution >= 4 is 5.69 Å². The zero-order valence-electron chi connectivity index (χ0n) is 8.78. The van der Waals surface area contributed by atoms with Crippen LogP contribution in [0.1, 0.15) is 20.8 Å². The molecule has 82 valence electrons. The van der Waals surface area contributed by atoms with Gasteiger partial charge >= 0.3 is 5.69 Å². The molecule has 15 heavy (non-hydrogen) atoms. The number of hydrogen-bond acceptors (Lipinski definition) is 3. The Morgan fingerprint density at radius 1 is 1.40 bits per heavy atom. The summed E-state index contributed by atoms with van der Waals surface area (Å²) in [4.78, 5) is 9.96. The zero-order chi connectivity index (χ0) is 11.6. The monoisotopic (exact) mass is 213 g/mol. The van der Waals surface area contributed by atoms with Crippen LogP contribution in [0.3, 0.4) is 0 Å². The van der Waals surface area contributed by atoms with Crippen LogP contribution < -0.4 is 4.74 Å². The van der Waals surface area contributed by atoms with Crippen molar-refractivity contribution in [3.8, 4) is 5.75 Å². The summed E-state index contributed by atoms with van der Waals surface area (Å²) in [5.41, 5.74) is -0.910. The molecule has 0 aliphatic rings. The highest BCUT2D eigenvalue weighted by atomic mass is 19.1. The first kappa shape index (κ1) is 11.4. The van der Waals surface area contributed by atoms with E-state index >= 15 is 0 Å². The minimum Gasteiger partial charge on any atom is -0.481 e. The lowest BCUT2D eigenvalue weighted by atomic mass is 10.2. The van der Waals surface area contributed by atoms with Crippen molar-refractivity contribution in [3.05, 3.63) is 34.1 Å². The van der Waals surface area contributed by atoms with Crippen LogP contribution in [0.2, 0.25) is 0 Å². The summed E-state index contributed by atoms with van der Waals surface area (Å²) < 4.78 is 18.1. The van der Waals surface area contributed by atoms with E-state index in [1.165, 1.54) is 6.07 Å². The van der Waals surface area contributed by atoms with Crippen molar-refractivity contribution in [1.82, 2.24) is 0 Å². The highest BCUT2D eigenvalue weighted by molar-refractivity contribution is 5.46. The number of ether oxygens (including phenoxy) is 1. The molecule has 0 aromatic heterocycles. The van der Waals surface area contributed by atoms with Gasteiger partial charge in [-0.1, -0.05) is 0 Å². The SMILES string of the molecule is CC(C)(C)Oc1ccc(F)cc1[N+](=O)[O-]. The summed E-state index contributed by atoms with van der Waals surface area (Å²) in [6.07, 6.45) is 0. The molecule has 0 atom stereocenters. The Morgan fingerprint density at radius 2 is 2.00 bits per heavy atom. The van der Waals surface area contributed by atoms with Crippen LogP contribution in [0.4, 0.5) is 10.1 Å². The molecule has 1 aromatic rings. The van der Waals surface area contributed by atoms with E-state index in [1.54, 1.807) is 20.8 Å². The zero-order valence-corrected chi connectivity index (χ0v) is 8.78. The lowest BCUT2D eigenvalue weighted by molar-refractivity contribution is -0.386. The van der Waals surface area contributed by atoms with Crippen molar-refractivity contribution in [1.29, 1.82) is 0 Å². The molecule has 0 fully saturated rings. The molecule has 0 radical (unpaired) electrons. The van der Waals surface area contributed by atoms with Gasteiger partial charge < -0.3 is 4.74 Å². The molecule has 4 nitrogen and oxygen atoms in total. The summed E-state index contributed by atoms with van der Waals surface area (Å²) in [7, 11) is 0. The summed E-state index contributed by atoms with van der Waals surface area (Å²) in [6.45, 7) is 5.29. The molecule has 0 amide bonds. The third-order valence-electron chi connectivity index (χ3n) is 1.53. The Labute approximate surface area is 86.8 Å². The topological polar surface area (TPSA) is 52.4 Å². The van der Waals surface area contributed by atoms with Gasteiger partial charge in [-0.2, -0.15) is 0 Å². The average Bonchev–Trinajstić information content (AvgIpc) is 2.05. The summed E-state index contributed by atoms with van der Waals surface area (Å²) in [5.74, 6) is -0.572. The van der Waals surface area contributed by atoms with E-state index in [0.29, 0.717) is 0 Å². The van der Waals surface area contributed by atoms with Gasteiger partial charge in [0.2, 0.25) is 0 Å². The maximum atomic E-state index is 12.8. The molecule has 0 aliphatic carbocycles. The Kier molecular flexibility index (Phi) is 2.93. The second-order valence-electron chi connectivity index (χ2n) is 4.08. The van der Waals surface area contributed by atoms with Crippen molar-refractivity contribution in [2.75, 3.05) is 0 Å². The normalized spacial score (nSPS) is 11.2. The predicted molar refractivity (Wildman–Crippen MR) is 53.4 cm³/mol. The van der Waals surface area contributed by atoms with E-state index in [9.17, 15) is 14.5 Å². The summed E-state index contributed by atoms with van der Waals surface area (Å²) >= 11 is 0. The van der Waals surface area contributed by atoms with Gasteiger partial charge in [-0.15, -0.1) is 0 Å². The molecule has 0 unspecified atom stereocenters. The van der Waals surface area contributed by atoms with Crippen LogP contribution in [-0.2, 0) is 0 Å². The van der Waals surface area contributed by atoms with E-state index < -0.39 is 16.3 Å². The smallest absolute Gasteiger partial charge is 0.313 e. The third kappa shape index (κ3) is 3.19. The average molecular weight is 213 g/mol. The lowest BCUT2D eigenvalue weighted by Gasteiger charge is -2.20. The van der Waals surface area contributed by atoms with Gasteiger partial charge in [-0.25, -0.2) is 4.39 Å². The Balaban J connectivity index is 3.12. The second kappa shape index (κ2) is 3.84. The van der Waals surface area contributed by atoms with Gasteiger partial charge in [0.15, 0.2) is 5.75 Å². The van der Waals surface area contributed by atoms with Gasteiger partial charge in [-0.3, -0.25) is 10.1 Å². The quantitative estimate of drug-likeness (QED) is 0.560.